The van der Waals surface area contributed by atoms with Crippen molar-refractivity contribution in [2.24, 2.45) is 5.73 Å². The highest BCUT2D eigenvalue weighted by molar-refractivity contribution is 9.10. The molecule has 3 rings (SSSR count). The van der Waals surface area contributed by atoms with Crippen LogP contribution < -0.4 is 11.1 Å². The van der Waals surface area contributed by atoms with Crippen molar-refractivity contribution in [3.63, 3.8) is 0 Å². The standard InChI is InChI=1S/C13H14BrFN4S3/c1-6(15)7(16)4-8-10(14)11-12(21-8)13(22-19-11)18-5-9-17-2-3-20-9/h2-3,6-7,18H,4-5,16H2,1H3/t6-,7+/m0/s1. The van der Waals surface area contributed by atoms with Crippen molar-refractivity contribution in [2.45, 2.75) is 32.1 Å². The number of halogens is 2. The zero-order valence-corrected chi connectivity index (χ0v) is 15.7. The molecule has 0 radical (unpaired) electrons. The van der Waals surface area contributed by atoms with Crippen LogP contribution in [0.3, 0.4) is 0 Å². The van der Waals surface area contributed by atoms with Gasteiger partial charge in [0, 0.05) is 28.9 Å². The van der Waals surface area contributed by atoms with E-state index in [1.54, 1.807) is 28.9 Å². The molecule has 3 aromatic heterocycles. The second-order valence-corrected chi connectivity index (χ2v) is 8.50. The molecule has 9 heteroatoms. The molecular formula is C13H14BrFN4S3. The predicted molar refractivity (Wildman–Crippen MR) is 96.9 cm³/mol. The Kier molecular flexibility index (Phi) is 5.08. The van der Waals surface area contributed by atoms with Crippen LogP contribution >= 0.6 is 50.1 Å². The van der Waals surface area contributed by atoms with Crippen molar-refractivity contribution in [1.82, 2.24) is 9.36 Å². The van der Waals surface area contributed by atoms with Crippen molar-refractivity contribution < 1.29 is 4.39 Å². The van der Waals surface area contributed by atoms with Crippen LogP contribution in [0.5, 0.6) is 0 Å². The first-order valence-corrected chi connectivity index (χ1v) is 9.91. The summed E-state index contributed by atoms with van der Waals surface area (Å²) in [5.74, 6) is 0. The quantitative estimate of drug-likeness (QED) is 0.619. The number of aromatic nitrogens is 2. The maximum atomic E-state index is 13.3. The molecule has 0 amide bonds. The van der Waals surface area contributed by atoms with E-state index in [2.05, 4.69) is 30.6 Å². The van der Waals surface area contributed by atoms with Crippen LogP contribution in [0.25, 0.3) is 10.2 Å². The van der Waals surface area contributed by atoms with E-state index in [4.69, 9.17) is 5.73 Å². The molecule has 0 saturated heterocycles. The van der Waals surface area contributed by atoms with E-state index in [1.165, 1.54) is 18.5 Å². The smallest absolute Gasteiger partial charge is 0.127 e. The van der Waals surface area contributed by atoms with Crippen molar-refractivity contribution in [2.75, 3.05) is 5.32 Å². The number of alkyl halides is 1. The Bertz CT molecular complexity index is 753. The van der Waals surface area contributed by atoms with Crippen LogP contribution in [0.15, 0.2) is 16.0 Å². The zero-order valence-electron chi connectivity index (χ0n) is 11.7. The van der Waals surface area contributed by atoms with Crippen molar-refractivity contribution in [1.29, 1.82) is 0 Å². The molecule has 4 nitrogen and oxygen atoms in total. The van der Waals surface area contributed by atoms with Gasteiger partial charge in [-0.25, -0.2) is 9.37 Å². The van der Waals surface area contributed by atoms with Gasteiger partial charge in [0.2, 0.25) is 0 Å². The summed E-state index contributed by atoms with van der Waals surface area (Å²) in [6.07, 6.45) is 1.28. The van der Waals surface area contributed by atoms with Crippen LogP contribution in [-0.4, -0.2) is 21.6 Å². The van der Waals surface area contributed by atoms with E-state index in [0.717, 1.165) is 29.6 Å². The van der Waals surface area contributed by atoms with Crippen LogP contribution in [0, 0.1) is 0 Å². The molecule has 3 N–H and O–H groups in total. The minimum Gasteiger partial charge on any atom is -0.368 e. The Morgan fingerprint density at radius 3 is 3.00 bits per heavy atom. The normalized spacial score (nSPS) is 14.4. The number of hydrogen-bond acceptors (Lipinski definition) is 7. The van der Waals surface area contributed by atoms with Gasteiger partial charge in [0.15, 0.2) is 0 Å². The minimum absolute atomic E-state index is 0.491. The molecule has 0 aliphatic heterocycles. The lowest BCUT2D eigenvalue weighted by Crippen LogP contribution is -2.31. The highest BCUT2D eigenvalue weighted by Crippen LogP contribution is 2.42. The topological polar surface area (TPSA) is 63.8 Å². The number of nitrogens with two attached hydrogens (primary N) is 1. The SMILES string of the molecule is C[C@H](F)[C@H](N)Cc1sc2c(NCc3nccs3)snc2c1Br. The number of thiazole rings is 1. The maximum absolute atomic E-state index is 13.3. The molecular weight excluding hydrogens is 407 g/mol. The van der Waals surface area contributed by atoms with Gasteiger partial charge in [-0.3, -0.25) is 0 Å². The molecule has 0 spiro atoms. The molecule has 0 aliphatic rings. The molecule has 0 saturated carbocycles. The highest BCUT2D eigenvalue weighted by atomic mass is 79.9. The fourth-order valence-electron chi connectivity index (χ4n) is 1.93. The summed E-state index contributed by atoms with van der Waals surface area (Å²) >= 11 is 8.23. The van der Waals surface area contributed by atoms with Gasteiger partial charge < -0.3 is 11.1 Å². The molecule has 0 bridgehead atoms. The number of fused-ring (bicyclic) bond motifs is 1. The summed E-state index contributed by atoms with van der Waals surface area (Å²) in [6.45, 7) is 2.17. The number of hydrogen-bond donors (Lipinski definition) is 2. The summed E-state index contributed by atoms with van der Waals surface area (Å²) < 4.78 is 19.8. The lowest BCUT2D eigenvalue weighted by atomic mass is 10.1. The van der Waals surface area contributed by atoms with Gasteiger partial charge in [-0.1, -0.05) is 0 Å². The molecule has 22 heavy (non-hydrogen) atoms. The summed E-state index contributed by atoms with van der Waals surface area (Å²) in [7, 11) is 0. The van der Waals surface area contributed by atoms with E-state index in [0.29, 0.717) is 13.0 Å². The third-order valence-corrected chi connectivity index (χ3v) is 7.27. The Labute approximate surface area is 147 Å². The third-order valence-electron chi connectivity index (χ3n) is 3.22. The van der Waals surface area contributed by atoms with Crippen molar-refractivity contribution >= 4 is 65.4 Å². The van der Waals surface area contributed by atoms with E-state index in [1.807, 2.05) is 5.38 Å². The lowest BCUT2D eigenvalue weighted by Gasteiger charge is -2.11. The average molecular weight is 421 g/mol. The zero-order chi connectivity index (χ0) is 15.7. The maximum Gasteiger partial charge on any atom is 0.127 e. The van der Waals surface area contributed by atoms with Crippen LogP contribution in [-0.2, 0) is 13.0 Å². The Morgan fingerprint density at radius 1 is 1.50 bits per heavy atom. The van der Waals surface area contributed by atoms with E-state index in [9.17, 15) is 4.39 Å². The van der Waals surface area contributed by atoms with Crippen molar-refractivity contribution in [3.05, 3.63) is 25.9 Å². The van der Waals surface area contributed by atoms with E-state index in [-0.39, 0.29) is 0 Å². The molecule has 3 heterocycles. The predicted octanol–water partition coefficient (Wildman–Crippen LogP) is 4.42. The second kappa shape index (κ2) is 6.88. The summed E-state index contributed by atoms with van der Waals surface area (Å²) in [5.41, 5.74) is 6.76. The average Bonchev–Trinajstić information content (AvgIpc) is 3.17. The first-order chi connectivity index (χ1) is 10.6. The Morgan fingerprint density at radius 2 is 2.32 bits per heavy atom. The van der Waals surface area contributed by atoms with Gasteiger partial charge in [-0.2, -0.15) is 4.37 Å². The van der Waals surface area contributed by atoms with Gasteiger partial charge in [0.1, 0.15) is 21.7 Å². The fraction of sp³-hybridized carbons (Fsp3) is 0.385. The van der Waals surface area contributed by atoms with Gasteiger partial charge in [0.25, 0.3) is 0 Å². The number of rotatable bonds is 6. The van der Waals surface area contributed by atoms with E-state index < -0.39 is 12.2 Å². The number of nitrogens with one attached hydrogen (secondary N) is 1. The molecule has 2 atom stereocenters. The molecule has 3 aromatic rings. The Balaban J connectivity index is 1.81. The Hall–Kier alpha value is -0.610. The van der Waals surface area contributed by atoms with Crippen LogP contribution in [0.1, 0.15) is 16.8 Å². The van der Waals surface area contributed by atoms with Gasteiger partial charge in [-0.05, 0) is 34.4 Å². The fourth-order valence-corrected chi connectivity index (χ4v) is 5.52. The van der Waals surface area contributed by atoms with Crippen LogP contribution in [0.2, 0.25) is 0 Å². The molecule has 0 aromatic carbocycles. The summed E-state index contributed by atoms with van der Waals surface area (Å²) in [6, 6.07) is -0.491. The third kappa shape index (κ3) is 3.33. The van der Waals surface area contributed by atoms with Gasteiger partial charge >= 0.3 is 0 Å². The lowest BCUT2D eigenvalue weighted by molar-refractivity contribution is 0.305. The summed E-state index contributed by atoms with van der Waals surface area (Å²) in [4.78, 5) is 5.29. The first kappa shape index (κ1) is 16.3. The first-order valence-electron chi connectivity index (χ1n) is 6.64. The molecule has 118 valence electrons. The van der Waals surface area contributed by atoms with Gasteiger partial charge in [0.05, 0.1) is 15.7 Å². The summed E-state index contributed by atoms with van der Waals surface area (Å²) in [5, 5.41) is 7.38. The largest absolute Gasteiger partial charge is 0.368 e. The highest BCUT2D eigenvalue weighted by Gasteiger charge is 2.20. The van der Waals surface area contributed by atoms with Crippen molar-refractivity contribution in [3.8, 4) is 0 Å². The van der Waals surface area contributed by atoms with Crippen LogP contribution in [0.4, 0.5) is 9.39 Å². The number of nitrogens with zero attached hydrogens (tertiary/aromatic N) is 2. The molecule has 0 aliphatic carbocycles. The second-order valence-electron chi connectivity index (χ2n) is 4.85. The van der Waals surface area contributed by atoms with E-state index >= 15 is 0 Å². The number of thiophene rings is 1. The van der Waals surface area contributed by atoms with Gasteiger partial charge in [-0.15, -0.1) is 22.7 Å². The number of anilines is 1. The molecule has 0 fully saturated rings. The monoisotopic (exact) mass is 420 g/mol. The minimum atomic E-state index is -1.03. The molecule has 0 unspecified atom stereocenters.